The van der Waals surface area contributed by atoms with Gasteiger partial charge in [-0.3, -0.25) is 4.79 Å². The van der Waals surface area contributed by atoms with E-state index in [1.165, 1.54) is 9.78 Å². The molecular weight excluding hydrogens is 375 g/mol. The SMILES string of the molecule is Cc1ccc(-n2ncc(C(=O)N3CCc4sccc4C3)c2C(F)(F)F)cc1. The summed E-state index contributed by atoms with van der Waals surface area (Å²) >= 11 is 1.61. The second-order valence-electron chi connectivity index (χ2n) is 6.50. The van der Waals surface area contributed by atoms with E-state index < -0.39 is 23.3 Å². The van der Waals surface area contributed by atoms with Gasteiger partial charge < -0.3 is 4.90 Å². The molecule has 1 aliphatic heterocycles. The van der Waals surface area contributed by atoms with Crippen LogP contribution in [0.2, 0.25) is 0 Å². The molecule has 4 rings (SSSR count). The van der Waals surface area contributed by atoms with Gasteiger partial charge >= 0.3 is 6.18 Å². The molecule has 0 unspecified atom stereocenters. The fourth-order valence-corrected chi connectivity index (χ4v) is 4.14. The molecule has 27 heavy (non-hydrogen) atoms. The molecule has 0 bridgehead atoms. The van der Waals surface area contributed by atoms with Crippen LogP contribution in [0.1, 0.15) is 32.1 Å². The van der Waals surface area contributed by atoms with Crippen LogP contribution in [0, 0.1) is 6.92 Å². The van der Waals surface area contributed by atoms with Gasteiger partial charge in [-0.25, -0.2) is 4.68 Å². The Morgan fingerprint density at radius 3 is 2.63 bits per heavy atom. The van der Waals surface area contributed by atoms with Gasteiger partial charge in [0.25, 0.3) is 5.91 Å². The van der Waals surface area contributed by atoms with Gasteiger partial charge in [0.1, 0.15) is 0 Å². The maximum Gasteiger partial charge on any atom is 0.434 e. The largest absolute Gasteiger partial charge is 0.434 e. The summed E-state index contributed by atoms with van der Waals surface area (Å²) in [6, 6.07) is 8.46. The number of alkyl halides is 3. The van der Waals surface area contributed by atoms with E-state index in [0.29, 0.717) is 19.5 Å². The molecule has 8 heteroatoms. The normalized spacial score (nSPS) is 14.3. The third kappa shape index (κ3) is 3.25. The first-order valence-electron chi connectivity index (χ1n) is 8.41. The fourth-order valence-electron chi connectivity index (χ4n) is 3.25. The molecular formula is C19H16F3N3OS. The maximum atomic E-state index is 13.8. The summed E-state index contributed by atoms with van der Waals surface area (Å²) in [7, 11) is 0. The summed E-state index contributed by atoms with van der Waals surface area (Å²) in [6.07, 6.45) is -3.02. The number of nitrogens with zero attached hydrogens (tertiary/aromatic N) is 3. The summed E-state index contributed by atoms with van der Waals surface area (Å²) in [6.45, 7) is 2.57. The van der Waals surface area contributed by atoms with Gasteiger partial charge in [-0.15, -0.1) is 11.3 Å². The van der Waals surface area contributed by atoms with Crippen LogP contribution in [0.25, 0.3) is 5.69 Å². The Balaban J connectivity index is 1.73. The molecule has 3 heterocycles. The van der Waals surface area contributed by atoms with E-state index in [1.807, 2.05) is 18.4 Å². The predicted molar refractivity (Wildman–Crippen MR) is 96.1 cm³/mol. The molecule has 0 saturated carbocycles. The Morgan fingerprint density at radius 1 is 1.19 bits per heavy atom. The van der Waals surface area contributed by atoms with Gasteiger partial charge in [-0.1, -0.05) is 17.7 Å². The number of aromatic nitrogens is 2. The highest BCUT2D eigenvalue weighted by atomic mass is 32.1. The van der Waals surface area contributed by atoms with Crippen molar-refractivity contribution in [2.75, 3.05) is 6.54 Å². The third-order valence-electron chi connectivity index (χ3n) is 4.64. The molecule has 1 amide bonds. The van der Waals surface area contributed by atoms with Crippen molar-refractivity contribution in [2.45, 2.75) is 26.1 Å². The molecule has 3 aromatic rings. The molecule has 0 radical (unpaired) electrons. The number of amides is 1. The van der Waals surface area contributed by atoms with Gasteiger partial charge in [-0.2, -0.15) is 18.3 Å². The van der Waals surface area contributed by atoms with E-state index in [0.717, 1.165) is 22.0 Å². The van der Waals surface area contributed by atoms with E-state index in [2.05, 4.69) is 5.10 Å². The number of rotatable bonds is 2. The standard InChI is InChI=1S/C19H16F3N3OS/c1-12-2-4-14(5-3-12)25-17(19(20,21)22)15(10-23-25)18(26)24-8-6-16-13(11-24)7-9-27-16/h2-5,7,9-10H,6,8,11H2,1H3. The molecule has 0 fully saturated rings. The third-order valence-corrected chi connectivity index (χ3v) is 5.66. The minimum Gasteiger partial charge on any atom is -0.334 e. The fraction of sp³-hybridized carbons (Fsp3) is 0.263. The average molecular weight is 391 g/mol. The topological polar surface area (TPSA) is 38.1 Å². The minimum absolute atomic E-state index is 0.269. The van der Waals surface area contributed by atoms with E-state index in [-0.39, 0.29) is 5.69 Å². The Morgan fingerprint density at radius 2 is 1.93 bits per heavy atom. The highest BCUT2D eigenvalue weighted by molar-refractivity contribution is 7.10. The van der Waals surface area contributed by atoms with E-state index >= 15 is 0 Å². The lowest BCUT2D eigenvalue weighted by Crippen LogP contribution is -2.36. The lowest BCUT2D eigenvalue weighted by molar-refractivity contribution is -0.143. The number of carbonyl (C=O) groups is 1. The zero-order chi connectivity index (χ0) is 19.2. The smallest absolute Gasteiger partial charge is 0.334 e. The first-order chi connectivity index (χ1) is 12.8. The van der Waals surface area contributed by atoms with Crippen molar-refractivity contribution in [3.05, 3.63) is 69.2 Å². The van der Waals surface area contributed by atoms with Crippen LogP contribution in [0.4, 0.5) is 13.2 Å². The lowest BCUT2D eigenvalue weighted by Gasteiger charge is -2.27. The molecule has 0 spiro atoms. The number of carbonyl (C=O) groups excluding carboxylic acids is 1. The van der Waals surface area contributed by atoms with Crippen molar-refractivity contribution >= 4 is 17.2 Å². The number of thiophene rings is 1. The number of hydrogen-bond donors (Lipinski definition) is 0. The minimum atomic E-state index is -4.70. The average Bonchev–Trinajstić information content (AvgIpc) is 3.27. The van der Waals surface area contributed by atoms with Crippen LogP contribution in [0.3, 0.4) is 0 Å². The first-order valence-corrected chi connectivity index (χ1v) is 9.29. The predicted octanol–water partition coefficient (Wildman–Crippen LogP) is 4.46. The Bertz CT molecular complexity index is 989. The zero-order valence-corrected chi connectivity index (χ0v) is 15.3. The molecule has 0 N–H and O–H groups in total. The number of benzene rings is 1. The van der Waals surface area contributed by atoms with Crippen LogP contribution in [0.15, 0.2) is 41.9 Å². The van der Waals surface area contributed by atoms with Gasteiger partial charge in [0, 0.05) is 18.0 Å². The summed E-state index contributed by atoms with van der Waals surface area (Å²) in [5.41, 5.74) is 0.745. The van der Waals surface area contributed by atoms with Crippen LogP contribution in [-0.2, 0) is 19.1 Å². The number of aryl methyl sites for hydroxylation is 1. The van der Waals surface area contributed by atoms with Gasteiger partial charge in [0.15, 0.2) is 5.69 Å². The van der Waals surface area contributed by atoms with Crippen molar-refractivity contribution in [1.82, 2.24) is 14.7 Å². The van der Waals surface area contributed by atoms with Gasteiger partial charge in [-0.05, 0) is 42.5 Å². The molecule has 140 valence electrons. The molecule has 0 aliphatic carbocycles. The molecule has 0 atom stereocenters. The quantitative estimate of drug-likeness (QED) is 0.647. The first kappa shape index (κ1) is 17.8. The Hall–Kier alpha value is -2.61. The summed E-state index contributed by atoms with van der Waals surface area (Å²) in [5, 5.41) is 5.82. The lowest BCUT2D eigenvalue weighted by atomic mass is 10.1. The van der Waals surface area contributed by atoms with Crippen molar-refractivity contribution in [2.24, 2.45) is 0 Å². The Kier molecular flexibility index (Phi) is 4.30. The number of fused-ring (bicyclic) bond motifs is 1. The van der Waals surface area contributed by atoms with Crippen LogP contribution >= 0.6 is 11.3 Å². The monoisotopic (exact) mass is 391 g/mol. The highest BCUT2D eigenvalue weighted by Gasteiger charge is 2.41. The highest BCUT2D eigenvalue weighted by Crippen LogP contribution is 2.35. The van der Waals surface area contributed by atoms with Crippen LogP contribution < -0.4 is 0 Å². The molecule has 4 nitrogen and oxygen atoms in total. The molecule has 1 aromatic carbocycles. The van der Waals surface area contributed by atoms with Crippen molar-refractivity contribution in [3.8, 4) is 5.69 Å². The maximum absolute atomic E-state index is 13.8. The van der Waals surface area contributed by atoms with Crippen molar-refractivity contribution < 1.29 is 18.0 Å². The van der Waals surface area contributed by atoms with Crippen molar-refractivity contribution in [3.63, 3.8) is 0 Å². The van der Waals surface area contributed by atoms with E-state index in [4.69, 9.17) is 0 Å². The second-order valence-corrected chi connectivity index (χ2v) is 7.50. The van der Waals surface area contributed by atoms with Crippen molar-refractivity contribution in [1.29, 1.82) is 0 Å². The van der Waals surface area contributed by atoms with Gasteiger partial charge in [0.2, 0.25) is 0 Å². The second kappa shape index (κ2) is 6.53. The van der Waals surface area contributed by atoms with E-state index in [9.17, 15) is 18.0 Å². The van der Waals surface area contributed by atoms with Crippen LogP contribution in [0.5, 0.6) is 0 Å². The van der Waals surface area contributed by atoms with E-state index in [1.54, 1.807) is 35.6 Å². The molecule has 2 aromatic heterocycles. The van der Waals surface area contributed by atoms with Gasteiger partial charge in [0.05, 0.1) is 17.4 Å². The molecule has 0 saturated heterocycles. The Labute approximate surface area is 157 Å². The molecule has 1 aliphatic rings. The number of halogens is 3. The van der Waals surface area contributed by atoms with Crippen LogP contribution in [-0.4, -0.2) is 27.1 Å². The summed E-state index contributed by atoms with van der Waals surface area (Å²) in [5.74, 6) is -0.641. The summed E-state index contributed by atoms with van der Waals surface area (Å²) in [4.78, 5) is 15.5. The summed E-state index contributed by atoms with van der Waals surface area (Å²) < 4.78 is 42.2. The zero-order valence-electron chi connectivity index (χ0n) is 14.5. The number of hydrogen-bond acceptors (Lipinski definition) is 3.